The van der Waals surface area contributed by atoms with Gasteiger partial charge in [-0.15, -0.1) is 0 Å². The van der Waals surface area contributed by atoms with Gasteiger partial charge in [-0.3, -0.25) is 4.79 Å². The predicted octanol–water partition coefficient (Wildman–Crippen LogP) is 2.29. The van der Waals surface area contributed by atoms with Gasteiger partial charge in [-0.2, -0.15) is 13.2 Å². The zero-order valence-electron chi connectivity index (χ0n) is 17.7. The van der Waals surface area contributed by atoms with Crippen molar-refractivity contribution in [2.45, 2.75) is 38.1 Å². The van der Waals surface area contributed by atoms with Gasteiger partial charge in [-0.1, -0.05) is 0 Å². The molecule has 180 valence electrons. The fourth-order valence-electron chi connectivity index (χ4n) is 4.44. The normalized spacial score (nSPS) is 26.3. The van der Waals surface area contributed by atoms with E-state index in [0.29, 0.717) is 37.5 Å². The first-order valence-electron chi connectivity index (χ1n) is 10.7. The summed E-state index contributed by atoms with van der Waals surface area (Å²) in [7, 11) is 0. The van der Waals surface area contributed by atoms with Gasteiger partial charge < -0.3 is 29.2 Å². The second-order valence-electron chi connectivity index (χ2n) is 8.43. The van der Waals surface area contributed by atoms with E-state index in [2.05, 4.69) is 10.2 Å². The maximum Gasteiger partial charge on any atom is 0.490 e. The van der Waals surface area contributed by atoms with Crippen molar-refractivity contribution in [3.63, 3.8) is 0 Å². The molecule has 1 aromatic rings. The minimum atomic E-state index is -5.08. The highest BCUT2D eigenvalue weighted by Gasteiger charge is 2.44. The first-order chi connectivity index (χ1) is 15.2. The van der Waals surface area contributed by atoms with Crippen LogP contribution < -0.4 is 5.32 Å². The average Bonchev–Trinajstić information content (AvgIpc) is 3.46. The smallest absolute Gasteiger partial charge is 0.475 e. The molecule has 4 heterocycles. The first-order valence-corrected chi connectivity index (χ1v) is 10.7. The van der Waals surface area contributed by atoms with Crippen molar-refractivity contribution >= 4 is 11.9 Å². The lowest BCUT2D eigenvalue weighted by molar-refractivity contribution is -0.192. The Morgan fingerprint density at radius 2 is 1.94 bits per heavy atom. The summed E-state index contributed by atoms with van der Waals surface area (Å²) in [4.78, 5) is 23.7. The van der Waals surface area contributed by atoms with Crippen LogP contribution in [0.2, 0.25) is 0 Å². The topological polar surface area (TPSA) is 101 Å². The molecule has 0 spiro atoms. The van der Waals surface area contributed by atoms with E-state index < -0.39 is 12.1 Å². The summed E-state index contributed by atoms with van der Waals surface area (Å²) in [5, 5.41) is 10.1. The van der Waals surface area contributed by atoms with Crippen LogP contribution in [0.1, 0.15) is 25.0 Å². The van der Waals surface area contributed by atoms with E-state index in [-0.39, 0.29) is 5.91 Å². The molecule has 3 aliphatic rings. The van der Waals surface area contributed by atoms with Crippen molar-refractivity contribution in [1.29, 1.82) is 0 Å². The Morgan fingerprint density at radius 3 is 2.56 bits per heavy atom. The van der Waals surface area contributed by atoms with E-state index in [1.54, 1.807) is 6.26 Å². The van der Waals surface area contributed by atoms with E-state index in [1.807, 2.05) is 12.1 Å². The molecule has 0 bridgehead atoms. The zero-order chi connectivity index (χ0) is 23.1. The highest BCUT2D eigenvalue weighted by atomic mass is 19.4. The number of carbonyl (C=O) groups excluding carboxylic acids is 1. The van der Waals surface area contributed by atoms with Crippen LogP contribution in [0, 0.1) is 17.8 Å². The molecule has 4 rings (SSSR count). The predicted molar refractivity (Wildman–Crippen MR) is 106 cm³/mol. The number of nitrogens with one attached hydrogen (secondary N) is 1. The molecule has 0 saturated carbocycles. The van der Waals surface area contributed by atoms with Crippen molar-refractivity contribution in [2.75, 3.05) is 39.5 Å². The fourth-order valence-corrected chi connectivity index (χ4v) is 4.44. The zero-order valence-corrected chi connectivity index (χ0v) is 17.7. The number of likely N-dealkylation sites (tertiary alicyclic amines) is 1. The largest absolute Gasteiger partial charge is 0.490 e. The molecule has 3 atom stereocenters. The van der Waals surface area contributed by atoms with Crippen LogP contribution in [-0.2, 0) is 25.6 Å². The van der Waals surface area contributed by atoms with Crippen LogP contribution >= 0.6 is 0 Å². The lowest BCUT2D eigenvalue weighted by Gasteiger charge is -2.27. The Bertz CT molecular complexity index is 736. The lowest BCUT2D eigenvalue weighted by atomic mass is 9.90. The number of halogens is 3. The Hall–Kier alpha value is -2.11. The summed E-state index contributed by atoms with van der Waals surface area (Å²) >= 11 is 0. The van der Waals surface area contributed by atoms with Gasteiger partial charge in [0.2, 0.25) is 5.91 Å². The summed E-state index contributed by atoms with van der Waals surface area (Å²) in [6.07, 6.45) is -0.255. The van der Waals surface area contributed by atoms with Crippen molar-refractivity contribution in [2.24, 2.45) is 17.8 Å². The highest BCUT2D eigenvalue weighted by Crippen LogP contribution is 2.36. The summed E-state index contributed by atoms with van der Waals surface area (Å²) < 4.78 is 48.4. The minimum Gasteiger partial charge on any atom is -0.475 e. The van der Waals surface area contributed by atoms with Crippen molar-refractivity contribution in [3.05, 3.63) is 24.2 Å². The number of fused-ring (bicyclic) bond motifs is 1. The number of rotatable bonds is 6. The van der Waals surface area contributed by atoms with Crippen LogP contribution in [0.3, 0.4) is 0 Å². The number of alkyl halides is 3. The average molecular weight is 462 g/mol. The number of carboxylic acid groups (broad SMARTS) is 1. The summed E-state index contributed by atoms with van der Waals surface area (Å²) in [5.41, 5.74) is 0. The monoisotopic (exact) mass is 462 g/mol. The van der Waals surface area contributed by atoms with Crippen molar-refractivity contribution < 1.29 is 41.8 Å². The van der Waals surface area contributed by atoms with Crippen LogP contribution in [0.15, 0.2) is 22.8 Å². The van der Waals surface area contributed by atoms with Gasteiger partial charge >= 0.3 is 12.1 Å². The number of carbonyl (C=O) groups is 2. The van der Waals surface area contributed by atoms with Gasteiger partial charge in [0.1, 0.15) is 5.76 Å². The number of nitrogens with zero attached hydrogens (tertiary/aromatic N) is 1. The van der Waals surface area contributed by atoms with E-state index in [0.717, 1.165) is 44.5 Å². The Kier molecular flexibility index (Phi) is 8.55. The summed E-state index contributed by atoms with van der Waals surface area (Å²) in [6.45, 7) is 6.22. The molecule has 1 aromatic heterocycles. The quantitative estimate of drug-likeness (QED) is 0.669. The third-order valence-corrected chi connectivity index (χ3v) is 6.10. The molecular formula is C21H29F3N2O6. The Balaban J connectivity index is 0.000000360. The van der Waals surface area contributed by atoms with Gasteiger partial charge in [0, 0.05) is 45.2 Å². The van der Waals surface area contributed by atoms with Gasteiger partial charge in [0.25, 0.3) is 0 Å². The Labute approximate surface area is 184 Å². The van der Waals surface area contributed by atoms with Crippen molar-refractivity contribution in [1.82, 2.24) is 10.2 Å². The maximum absolute atomic E-state index is 12.2. The van der Waals surface area contributed by atoms with Gasteiger partial charge in [0.05, 0.1) is 25.5 Å². The number of hydrogen-bond acceptors (Lipinski definition) is 6. The number of ether oxygens (including phenoxy) is 2. The van der Waals surface area contributed by atoms with Crippen LogP contribution in [-0.4, -0.2) is 73.6 Å². The number of hydrogen-bond donors (Lipinski definition) is 2. The summed E-state index contributed by atoms with van der Waals surface area (Å²) in [5.74, 6) is -0.295. The minimum absolute atomic E-state index is 0.0912. The van der Waals surface area contributed by atoms with Crippen LogP contribution in [0.4, 0.5) is 13.2 Å². The number of aliphatic carboxylic acids is 1. The van der Waals surface area contributed by atoms with Gasteiger partial charge in [0.15, 0.2) is 0 Å². The SMILES string of the molecule is O=C(C[C@H]1CO[C@@H]2CN(CC3CCOCC3)C[C@H]12)NCc1ccco1.O=C(O)C(F)(F)F. The second-order valence-corrected chi connectivity index (χ2v) is 8.43. The molecule has 0 aliphatic carbocycles. The molecule has 3 fully saturated rings. The number of carboxylic acids is 1. The molecule has 0 aromatic carbocycles. The molecule has 11 heteroatoms. The van der Waals surface area contributed by atoms with Crippen LogP contribution in [0.25, 0.3) is 0 Å². The Morgan fingerprint density at radius 1 is 1.22 bits per heavy atom. The molecule has 2 N–H and O–H groups in total. The highest BCUT2D eigenvalue weighted by molar-refractivity contribution is 5.76. The van der Waals surface area contributed by atoms with E-state index in [1.165, 1.54) is 12.8 Å². The molecule has 0 radical (unpaired) electrons. The third kappa shape index (κ3) is 7.21. The van der Waals surface area contributed by atoms with Gasteiger partial charge in [-0.05, 0) is 36.8 Å². The fraction of sp³-hybridized carbons (Fsp3) is 0.714. The van der Waals surface area contributed by atoms with E-state index in [9.17, 15) is 18.0 Å². The van der Waals surface area contributed by atoms with E-state index in [4.69, 9.17) is 23.8 Å². The molecule has 0 unspecified atom stereocenters. The number of furan rings is 1. The second kappa shape index (κ2) is 11.2. The maximum atomic E-state index is 12.2. The first kappa shape index (κ1) is 24.5. The molecular weight excluding hydrogens is 433 g/mol. The standard InChI is InChI=1S/C19H28N2O4.C2HF3O2/c22-19(20-9-16-2-1-5-24-16)8-15-13-25-18-12-21(11-17(15)18)10-14-3-6-23-7-4-14;3-2(4,5)1(6)7/h1-2,5,14-15,17-18H,3-4,6-13H2,(H,20,22);(H,6,7)/t15-,17+,18+;/m0./s1. The van der Waals surface area contributed by atoms with Gasteiger partial charge in [-0.25, -0.2) is 4.79 Å². The third-order valence-electron chi connectivity index (χ3n) is 6.10. The number of amides is 1. The molecule has 32 heavy (non-hydrogen) atoms. The molecule has 3 aliphatic heterocycles. The lowest BCUT2D eigenvalue weighted by Crippen LogP contribution is -2.33. The molecule has 1 amide bonds. The van der Waals surface area contributed by atoms with Crippen molar-refractivity contribution in [3.8, 4) is 0 Å². The molecule has 8 nitrogen and oxygen atoms in total. The van der Waals surface area contributed by atoms with Crippen LogP contribution in [0.5, 0.6) is 0 Å². The molecule has 3 saturated heterocycles. The summed E-state index contributed by atoms with van der Waals surface area (Å²) in [6, 6.07) is 3.71. The van der Waals surface area contributed by atoms with E-state index >= 15 is 0 Å².